The highest BCUT2D eigenvalue weighted by atomic mass is 32.2. The van der Waals surface area contributed by atoms with Crippen LogP contribution in [0.5, 0.6) is 0 Å². The first-order chi connectivity index (χ1) is 15.5. The molecule has 2 amide bonds. The minimum Gasteiger partial charge on any atom is -0.478 e. The van der Waals surface area contributed by atoms with Crippen LogP contribution in [-0.2, 0) is 37.4 Å². The Labute approximate surface area is 192 Å². The molecule has 2 heterocycles. The molecule has 1 aromatic heterocycles. The molecule has 2 aromatic rings. The molecule has 33 heavy (non-hydrogen) atoms. The van der Waals surface area contributed by atoms with E-state index in [4.69, 9.17) is 5.11 Å². The van der Waals surface area contributed by atoms with Gasteiger partial charge in [0.05, 0.1) is 10.5 Å². The van der Waals surface area contributed by atoms with Gasteiger partial charge in [-0.15, -0.1) is 11.3 Å². The van der Waals surface area contributed by atoms with Gasteiger partial charge in [-0.3, -0.25) is 9.59 Å². The monoisotopic (exact) mass is 496 g/mol. The van der Waals surface area contributed by atoms with Crippen molar-refractivity contribution in [3.8, 4) is 0 Å². The Morgan fingerprint density at radius 3 is 2.36 bits per heavy atom. The summed E-state index contributed by atoms with van der Waals surface area (Å²) in [6, 6.07) is 5.16. The zero-order valence-corrected chi connectivity index (χ0v) is 18.8. The maximum atomic E-state index is 12.6. The van der Waals surface area contributed by atoms with Gasteiger partial charge in [-0.25, -0.2) is 22.7 Å². The summed E-state index contributed by atoms with van der Waals surface area (Å²) >= 11 is 0.957. The molecule has 12 nitrogen and oxygen atoms in total. The average molecular weight is 497 g/mol. The van der Waals surface area contributed by atoms with E-state index in [1.54, 1.807) is 0 Å². The molecule has 0 bridgehead atoms. The number of hydrogen-bond donors (Lipinski definition) is 6. The number of carboxylic acids is 2. The van der Waals surface area contributed by atoms with Crippen LogP contribution in [0.3, 0.4) is 0 Å². The standard InChI is InChI=1S/C19H20N4O8S2/c1-9(24)22-10-2-4-12(5-3-10)33(30,31)21-7-11-6-13-14(8-20-11)32-17(15(13)18(26)27)23-16(25)19(28)29/h2-5,11,20-21H,6-8H2,1H3,(H,22,24)(H,23,25)(H,26,27)(H,28,29)/t11-/m0/s1. The number of nitrogens with one attached hydrogen (secondary N) is 4. The SMILES string of the molecule is CC(=O)Nc1ccc(S(=O)(=O)NC[C@@H]2Cc3c(sc(NC(=O)C(=O)O)c3C(=O)O)CN2)cc1. The van der Waals surface area contributed by atoms with Gasteiger partial charge in [0.25, 0.3) is 0 Å². The number of carbonyl (C=O) groups excluding carboxylic acids is 2. The number of aliphatic carboxylic acids is 1. The van der Waals surface area contributed by atoms with Crippen LogP contribution in [0.2, 0.25) is 0 Å². The highest BCUT2D eigenvalue weighted by Gasteiger charge is 2.31. The zero-order chi connectivity index (χ0) is 24.3. The number of aromatic carboxylic acids is 1. The Balaban J connectivity index is 1.71. The number of rotatable bonds is 7. The van der Waals surface area contributed by atoms with Crippen molar-refractivity contribution < 1.29 is 37.8 Å². The summed E-state index contributed by atoms with van der Waals surface area (Å²) < 4.78 is 27.7. The van der Waals surface area contributed by atoms with Crippen molar-refractivity contribution in [1.82, 2.24) is 10.0 Å². The summed E-state index contributed by atoms with van der Waals surface area (Å²) in [6.45, 7) is 1.52. The molecule has 176 valence electrons. The van der Waals surface area contributed by atoms with Gasteiger partial charge in [-0.05, 0) is 36.2 Å². The molecule has 0 saturated heterocycles. The van der Waals surface area contributed by atoms with Crippen LogP contribution in [0.25, 0.3) is 0 Å². The zero-order valence-electron chi connectivity index (χ0n) is 17.2. The third-order valence-corrected chi connectivity index (χ3v) is 7.32. The van der Waals surface area contributed by atoms with E-state index in [-0.39, 0.29) is 40.9 Å². The number of benzene rings is 1. The van der Waals surface area contributed by atoms with Crippen LogP contribution in [0, 0.1) is 0 Å². The second kappa shape index (κ2) is 9.66. The van der Waals surface area contributed by atoms with E-state index in [2.05, 4.69) is 20.7 Å². The number of carbonyl (C=O) groups is 4. The molecular weight excluding hydrogens is 476 g/mol. The third kappa shape index (κ3) is 5.73. The number of fused-ring (bicyclic) bond motifs is 1. The number of carboxylic acid groups (broad SMARTS) is 2. The van der Waals surface area contributed by atoms with E-state index in [1.165, 1.54) is 31.2 Å². The van der Waals surface area contributed by atoms with E-state index in [1.807, 2.05) is 0 Å². The van der Waals surface area contributed by atoms with Gasteiger partial charge in [-0.2, -0.15) is 0 Å². The molecule has 0 radical (unpaired) electrons. The first-order valence-corrected chi connectivity index (χ1v) is 11.8. The topological polar surface area (TPSA) is 191 Å². The van der Waals surface area contributed by atoms with E-state index >= 15 is 0 Å². The average Bonchev–Trinajstić information content (AvgIpc) is 3.09. The van der Waals surface area contributed by atoms with Crippen molar-refractivity contribution in [1.29, 1.82) is 0 Å². The lowest BCUT2D eigenvalue weighted by atomic mass is 9.98. The van der Waals surface area contributed by atoms with Crippen molar-refractivity contribution in [2.24, 2.45) is 0 Å². The van der Waals surface area contributed by atoms with E-state index in [0.717, 1.165) is 11.3 Å². The summed E-state index contributed by atoms with van der Waals surface area (Å²) in [5, 5.41) is 26.0. The Morgan fingerprint density at radius 2 is 1.79 bits per heavy atom. The second-order valence-corrected chi connectivity index (χ2v) is 9.98. The molecule has 6 N–H and O–H groups in total. The van der Waals surface area contributed by atoms with Gasteiger partial charge in [0.1, 0.15) is 5.00 Å². The van der Waals surface area contributed by atoms with Gasteiger partial charge in [0, 0.05) is 36.6 Å². The summed E-state index contributed by atoms with van der Waals surface area (Å²) in [7, 11) is -3.87. The van der Waals surface area contributed by atoms with Crippen molar-refractivity contribution in [3.05, 3.63) is 40.3 Å². The highest BCUT2D eigenvalue weighted by molar-refractivity contribution is 7.89. The summed E-state index contributed by atoms with van der Waals surface area (Å²) in [4.78, 5) is 45.7. The number of thiophene rings is 1. The largest absolute Gasteiger partial charge is 0.478 e. The summed E-state index contributed by atoms with van der Waals surface area (Å²) in [5.74, 6) is -4.70. The molecule has 0 saturated carbocycles. The first kappa shape index (κ1) is 24.3. The van der Waals surface area contributed by atoms with Crippen molar-refractivity contribution in [2.45, 2.75) is 30.8 Å². The van der Waals surface area contributed by atoms with E-state index in [0.29, 0.717) is 16.1 Å². The fourth-order valence-electron chi connectivity index (χ4n) is 3.26. The molecular formula is C19H20N4O8S2. The van der Waals surface area contributed by atoms with Gasteiger partial charge in [0.15, 0.2) is 0 Å². The van der Waals surface area contributed by atoms with Crippen molar-refractivity contribution in [2.75, 3.05) is 17.2 Å². The lowest BCUT2D eigenvalue weighted by Gasteiger charge is -2.24. The van der Waals surface area contributed by atoms with Crippen LogP contribution >= 0.6 is 11.3 Å². The normalized spacial score (nSPS) is 15.4. The molecule has 1 aliphatic heterocycles. The van der Waals surface area contributed by atoms with E-state index in [9.17, 15) is 32.7 Å². The maximum absolute atomic E-state index is 12.6. The third-order valence-electron chi connectivity index (χ3n) is 4.73. The predicted octanol–water partition coefficient (Wildman–Crippen LogP) is 0.421. The number of hydrogen-bond acceptors (Lipinski definition) is 8. The van der Waals surface area contributed by atoms with Gasteiger partial charge < -0.3 is 26.2 Å². The number of amides is 2. The van der Waals surface area contributed by atoms with Crippen LogP contribution in [0.15, 0.2) is 29.2 Å². The van der Waals surface area contributed by atoms with E-state index < -0.39 is 33.9 Å². The molecule has 3 rings (SSSR count). The molecule has 14 heteroatoms. The number of sulfonamides is 1. The Bertz CT molecular complexity index is 1220. The fraction of sp³-hybridized carbons (Fsp3) is 0.263. The number of anilines is 2. The lowest BCUT2D eigenvalue weighted by Crippen LogP contribution is -2.44. The minimum atomic E-state index is -3.87. The molecule has 1 aromatic carbocycles. The quantitative estimate of drug-likeness (QED) is 0.295. The van der Waals surface area contributed by atoms with Crippen molar-refractivity contribution >= 4 is 55.8 Å². The molecule has 0 unspecified atom stereocenters. The first-order valence-electron chi connectivity index (χ1n) is 9.50. The molecule has 0 fully saturated rings. The Hall–Kier alpha value is -3.33. The molecule has 0 aliphatic carbocycles. The Kier molecular flexibility index (Phi) is 7.12. The molecule has 1 atom stereocenters. The minimum absolute atomic E-state index is 0.00599. The highest BCUT2D eigenvalue weighted by Crippen LogP contribution is 2.36. The predicted molar refractivity (Wildman–Crippen MR) is 118 cm³/mol. The smallest absolute Gasteiger partial charge is 0.394 e. The lowest BCUT2D eigenvalue weighted by molar-refractivity contribution is -0.147. The second-order valence-electron chi connectivity index (χ2n) is 7.11. The van der Waals surface area contributed by atoms with Gasteiger partial charge in [0.2, 0.25) is 15.9 Å². The van der Waals surface area contributed by atoms with Gasteiger partial charge >= 0.3 is 17.8 Å². The maximum Gasteiger partial charge on any atom is 0.394 e. The van der Waals surface area contributed by atoms with Crippen LogP contribution in [-0.4, -0.2) is 55.0 Å². The molecule has 0 spiro atoms. The van der Waals surface area contributed by atoms with Crippen LogP contribution in [0.4, 0.5) is 10.7 Å². The Morgan fingerprint density at radius 1 is 1.12 bits per heavy atom. The van der Waals surface area contributed by atoms with Gasteiger partial charge in [-0.1, -0.05) is 0 Å². The summed E-state index contributed by atoms with van der Waals surface area (Å²) in [5.41, 5.74) is 0.663. The fourth-order valence-corrected chi connectivity index (χ4v) is 5.50. The van der Waals surface area contributed by atoms with Crippen LogP contribution in [0.1, 0.15) is 27.7 Å². The van der Waals surface area contributed by atoms with Crippen LogP contribution < -0.4 is 20.7 Å². The molecule has 1 aliphatic rings. The summed E-state index contributed by atoms with van der Waals surface area (Å²) in [6.07, 6.45) is 0.153. The van der Waals surface area contributed by atoms with Crippen molar-refractivity contribution in [3.63, 3.8) is 0 Å².